The number of likely N-dealkylation sites (tertiary alicyclic amines) is 1. The summed E-state index contributed by atoms with van der Waals surface area (Å²) >= 11 is 0. The lowest BCUT2D eigenvalue weighted by molar-refractivity contribution is -0.148. The van der Waals surface area contributed by atoms with Gasteiger partial charge in [0.25, 0.3) is 0 Å². The van der Waals surface area contributed by atoms with Crippen molar-refractivity contribution in [1.29, 1.82) is 0 Å². The van der Waals surface area contributed by atoms with Gasteiger partial charge in [-0.15, -0.1) is 0 Å². The lowest BCUT2D eigenvalue weighted by Gasteiger charge is -2.53. The molecule has 1 aromatic carbocycles. The van der Waals surface area contributed by atoms with E-state index in [0.717, 1.165) is 49.5 Å². The van der Waals surface area contributed by atoms with E-state index < -0.39 is 5.60 Å². The van der Waals surface area contributed by atoms with E-state index in [1.54, 1.807) is 6.20 Å². The molecule has 2 aromatic rings. The van der Waals surface area contributed by atoms with E-state index in [4.69, 9.17) is 9.47 Å². The van der Waals surface area contributed by atoms with Crippen LogP contribution in [0.5, 0.6) is 11.5 Å². The van der Waals surface area contributed by atoms with Crippen LogP contribution in [0.2, 0.25) is 0 Å². The second kappa shape index (κ2) is 6.50. The molecule has 2 fully saturated rings. The van der Waals surface area contributed by atoms with Gasteiger partial charge in [-0.05, 0) is 49.1 Å². The molecule has 142 valence electrons. The van der Waals surface area contributed by atoms with Crippen LogP contribution in [-0.4, -0.2) is 34.9 Å². The molecule has 5 heteroatoms. The minimum Gasteiger partial charge on any atom is -0.454 e. The first-order chi connectivity index (χ1) is 13.1. The van der Waals surface area contributed by atoms with Crippen molar-refractivity contribution in [2.75, 3.05) is 19.9 Å². The van der Waals surface area contributed by atoms with Gasteiger partial charge in [0.2, 0.25) is 6.79 Å². The molecule has 2 atom stereocenters. The zero-order chi connectivity index (χ0) is 18.4. The van der Waals surface area contributed by atoms with Crippen molar-refractivity contribution in [2.45, 2.75) is 38.3 Å². The third kappa shape index (κ3) is 2.80. The first-order valence-electron chi connectivity index (χ1n) is 9.89. The predicted octanol–water partition coefficient (Wildman–Crippen LogP) is 3.24. The maximum Gasteiger partial charge on any atom is 0.231 e. The number of ether oxygens (including phenoxy) is 2. The van der Waals surface area contributed by atoms with Gasteiger partial charge in [0.05, 0.1) is 5.60 Å². The van der Waals surface area contributed by atoms with Gasteiger partial charge in [-0.2, -0.15) is 0 Å². The number of nitrogens with zero attached hydrogens (tertiary/aromatic N) is 2. The Morgan fingerprint density at radius 3 is 2.63 bits per heavy atom. The topological polar surface area (TPSA) is 54.8 Å². The second-order valence-corrected chi connectivity index (χ2v) is 8.22. The van der Waals surface area contributed by atoms with Gasteiger partial charge in [0.1, 0.15) is 0 Å². The highest BCUT2D eigenvalue weighted by atomic mass is 16.7. The summed E-state index contributed by atoms with van der Waals surface area (Å²) in [5.41, 5.74) is 2.76. The Morgan fingerprint density at radius 1 is 1.19 bits per heavy atom. The van der Waals surface area contributed by atoms with Crippen LogP contribution in [0.15, 0.2) is 36.7 Å². The zero-order valence-corrected chi connectivity index (χ0v) is 15.7. The zero-order valence-electron chi connectivity index (χ0n) is 15.7. The van der Waals surface area contributed by atoms with Gasteiger partial charge >= 0.3 is 0 Å². The molecule has 3 heterocycles. The molecule has 2 unspecified atom stereocenters. The minimum atomic E-state index is -0.743. The molecule has 1 saturated heterocycles. The molecule has 5 rings (SSSR count). The third-order valence-electron chi connectivity index (χ3n) is 6.66. The van der Waals surface area contributed by atoms with Gasteiger partial charge in [-0.1, -0.05) is 12.5 Å². The van der Waals surface area contributed by atoms with Crippen LogP contribution in [0.1, 0.15) is 36.0 Å². The van der Waals surface area contributed by atoms with Crippen molar-refractivity contribution < 1.29 is 14.6 Å². The monoisotopic (exact) mass is 366 g/mol. The molecule has 1 saturated carbocycles. The Labute approximate surface area is 159 Å². The highest BCUT2D eigenvalue weighted by Crippen LogP contribution is 2.49. The molecule has 3 aliphatic rings. The fourth-order valence-electron chi connectivity index (χ4n) is 5.24. The van der Waals surface area contributed by atoms with Crippen LogP contribution < -0.4 is 9.47 Å². The van der Waals surface area contributed by atoms with E-state index in [1.807, 2.05) is 18.3 Å². The number of fused-ring (bicyclic) bond motifs is 3. The van der Waals surface area contributed by atoms with Crippen LogP contribution in [0.4, 0.5) is 0 Å². The van der Waals surface area contributed by atoms with Gasteiger partial charge in [0.15, 0.2) is 11.5 Å². The second-order valence-electron chi connectivity index (χ2n) is 8.22. The van der Waals surface area contributed by atoms with Gasteiger partial charge < -0.3 is 14.6 Å². The first-order valence-corrected chi connectivity index (χ1v) is 9.89. The SMILES string of the molecule is Cc1cc2c(cc1CN1CC3CCCC(C1)C3(O)c1cccnc1)OCO2. The molecule has 1 aliphatic carbocycles. The molecule has 2 bridgehead atoms. The summed E-state index contributed by atoms with van der Waals surface area (Å²) in [4.78, 5) is 6.77. The molecular weight excluding hydrogens is 340 g/mol. The van der Waals surface area contributed by atoms with E-state index in [9.17, 15) is 5.11 Å². The summed E-state index contributed by atoms with van der Waals surface area (Å²) in [5.74, 6) is 2.20. The quantitative estimate of drug-likeness (QED) is 0.904. The van der Waals surface area contributed by atoms with E-state index in [1.165, 1.54) is 17.5 Å². The summed E-state index contributed by atoms with van der Waals surface area (Å²) in [6.07, 6.45) is 6.97. The molecule has 0 amide bonds. The average Bonchev–Trinajstić information content (AvgIpc) is 3.10. The highest BCUT2D eigenvalue weighted by molar-refractivity contribution is 5.48. The first kappa shape index (κ1) is 17.0. The van der Waals surface area contributed by atoms with Gasteiger partial charge in [-0.25, -0.2) is 0 Å². The van der Waals surface area contributed by atoms with Crippen LogP contribution in [-0.2, 0) is 12.1 Å². The maximum atomic E-state index is 11.7. The van der Waals surface area contributed by atoms with Gasteiger partial charge in [0, 0.05) is 49.4 Å². The number of rotatable bonds is 3. The summed E-state index contributed by atoms with van der Waals surface area (Å²) in [6.45, 7) is 5.16. The Kier molecular flexibility index (Phi) is 4.10. The largest absolute Gasteiger partial charge is 0.454 e. The highest BCUT2D eigenvalue weighted by Gasteiger charge is 2.51. The van der Waals surface area contributed by atoms with Crippen molar-refractivity contribution in [3.05, 3.63) is 53.3 Å². The fraction of sp³-hybridized carbons (Fsp3) is 0.500. The Morgan fingerprint density at radius 2 is 1.93 bits per heavy atom. The summed E-state index contributed by atoms with van der Waals surface area (Å²) < 4.78 is 11.0. The summed E-state index contributed by atoms with van der Waals surface area (Å²) in [7, 11) is 0. The predicted molar refractivity (Wildman–Crippen MR) is 102 cm³/mol. The van der Waals surface area contributed by atoms with Crippen LogP contribution >= 0.6 is 0 Å². The lowest BCUT2D eigenvalue weighted by atomic mass is 9.63. The van der Waals surface area contributed by atoms with E-state index in [0.29, 0.717) is 6.79 Å². The van der Waals surface area contributed by atoms with E-state index in [-0.39, 0.29) is 11.8 Å². The van der Waals surface area contributed by atoms with Crippen LogP contribution in [0.25, 0.3) is 0 Å². The Hall–Kier alpha value is -2.11. The van der Waals surface area contributed by atoms with Crippen molar-refractivity contribution in [3.8, 4) is 11.5 Å². The van der Waals surface area contributed by atoms with Crippen molar-refractivity contribution in [3.63, 3.8) is 0 Å². The Balaban J connectivity index is 1.39. The van der Waals surface area contributed by atoms with Gasteiger partial charge in [-0.3, -0.25) is 9.88 Å². The molecule has 0 spiro atoms. The standard InChI is InChI=1S/C22H26N2O3/c1-15-8-20-21(27-14-26-20)9-16(15)11-24-12-18-4-2-5-19(13-24)22(18,25)17-6-3-7-23-10-17/h3,6-10,18-19,25H,2,4-5,11-14H2,1H3. The normalized spacial score (nSPS) is 29.7. The van der Waals surface area contributed by atoms with Crippen molar-refractivity contribution >= 4 is 0 Å². The average molecular weight is 366 g/mol. The maximum absolute atomic E-state index is 11.7. The minimum absolute atomic E-state index is 0.253. The van der Waals surface area contributed by atoms with Crippen LogP contribution in [0, 0.1) is 18.8 Å². The molecular formula is C22H26N2O3. The molecule has 0 radical (unpaired) electrons. The number of pyridine rings is 1. The van der Waals surface area contributed by atoms with E-state index in [2.05, 4.69) is 28.9 Å². The Bertz CT molecular complexity index is 825. The number of benzene rings is 1. The van der Waals surface area contributed by atoms with Crippen molar-refractivity contribution in [2.24, 2.45) is 11.8 Å². The lowest BCUT2D eigenvalue weighted by Crippen LogP contribution is -2.57. The number of hydrogen-bond acceptors (Lipinski definition) is 5. The number of aryl methyl sites for hydroxylation is 1. The number of aliphatic hydroxyl groups is 1. The number of piperidine rings is 1. The molecule has 1 N–H and O–H groups in total. The summed E-state index contributed by atoms with van der Waals surface area (Å²) in [6, 6.07) is 8.17. The van der Waals surface area contributed by atoms with E-state index >= 15 is 0 Å². The molecule has 5 nitrogen and oxygen atoms in total. The molecule has 1 aromatic heterocycles. The fourth-order valence-corrected chi connectivity index (χ4v) is 5.24. The third-order valence-corrected chi connectivity index (χ3v) is 6.66. The van der Waals surface area contributed by atoms with Crippen molar-refractivity contribution in [1.82, 2.24) is 9.88 Å². The van der Waals surface area contributed by atoms with Crippen LogP contribution in [0.3, 0.4) is 0 Å². The number of aromatic nitrogens is 1. The molecule has 2 aliphatic heterocycles. The smallest absolute Gasteiger partial charge is 0.231 e. The summed E-state index contributed by atoms with van der Waals surface area (Å²) in [5, 5.41) is 11.7. The number of hydrogen-bond donors (Lipinski definition) is 1. The molecule has 27 heavy (non-hydrogen) atoms.